The first-order valence-corrected chi connectivity index (χ1v) is 7.55. The number of ether oxygens (including phenoxy) is 1. The summed E-state index contributed by atoms with van der Waals surface area (Å²) < 4.78 is 5.27. The number of nitrogens with zero attached hydrogens (tertiary/aromatic N) is 2. The maximum absolute atomic E-state index is 6.22. The van der Waals surface area contributed by atoms with Gasteiger partial charge < -0.3 is 16.2 Å². The Kier molecular flexibility index (Phi) is 4.80. The van der Waals surface area contributed by atoms with Crippen LogP contribution in [0.25, 0.3) is 0 Å². The molecule has 21 heavy (non-hydrogen) atoms. The molecule has 0 bridgehead atoms. The second-order valence-electron chi connectivity index (χ2n) is 4.76. The van der Waals surface area contributed by atoms with Gasteiger partial charge in [0, 0.05) is 11.1 Å². The van der Waals surface area contributed by atoms with Crippen molar-refractivity contribution >= 4 is 35.1 Å². The highest BCUT2D eigenvalue weighted by molar-refractivity contribution is 7.99. The second kappa shape index (κ2) is 6.41. The molecule has 0 saturated carbocycles. The lowest BCUT2D eigenvalue weighted by atomic mass is 10.0. The summed E-state index contributed by atoms with van der Waals surface area (Å²) in [5.41, 5.74) is 12.5. The Morgan fingerprint density at radius 1 is 1.24 bits per heavy atom. The Morgan fingerprint density at radius 3 is 2.52 bits per heavy atom. The van der Waals surface area contributed by atoms with Gasteiger partial charge in [0.15, 0.2) is 0 Å². The van der Waals surface area contributed by atoms with Crippen molar-refractivity contribution in [1.82, 2.24) is 9.97 Å². The summed E-state index contributed by atoms with van der Waals surface area (Å²) in [5.74, 6) is 1.49. The van der Waals surface area contributed by atoms with Crippen LogP contribution >= 0.6 is 23.4 Å². The Balaban J connectivity index is 2.45. The zero-order valence-corrected chi connectivity index (χ0v) is 13.6. The van der Waals surface area contributed by atoms with Crippen molar-refractivity contribution in [1.29, 1.82) is 0 Å². The Labute approximate surface area is 133 Å². The number of methoxy groups -OCH3 is 1. The molecule has 0 unspecified atom stereocenters. The van der Waals surface area contributed by atoms with E-state index < -0.39 is 0 Å². The molecule has 1 aromatic carbocycles. The molecule has 4 N–H and O–H groups in total. The predicted molar refractivity (Wildman–Crippen MR) is 87.1 cm³/mol. The van der Waals surface area contributed by atoms with Gasteiger partial charge in [-0.3, -0.25) is 0 Å². The Hall–Kier alpha value is -1.66. The molecule has 0 aliphatic heterocycles. The number of hydrogen-bond donors (Lipinski definition) is 2. The van der Waals surface area contributed by atoms with Crippen molar-refractivity contribution in [2.75, 3.05) is 18.6 Å². The van der Waals surface area contributed by atoms with Crippen LogP contribution < -0.4 is 16.2 Å². The highest BCUT2D eigenvalue weighted by Crippen LogP contribution is 2.40. The SMILES string of the molecule is COc1cc(C(C)C)c(Sc2cnc(N)nc2N)cc1Cl. The lowest BCUT2D eigenvalue weighted by Gasteiger charge is -2.15. The minimum absolute atomic E-state index is 0.161. The van der Waals surface area contributed by atoms with E-state index in [2.05, 4.69) is 23.8 Å². The standard InChI is InChI=1S/C14H17ClN4OS/c1-7(2)8-4-10(20-3)9(15)5-11(8)21-12-6-18-14(17)19-13(12)16/h4-7H,1-3H3,(H4,16,17,18,19). The monoisotopic (exact) mass is 324 g/mol. The Bertz CT molecular complexity index is 664. The van der Waals surface area contributed by atoms with E-state index in [4.69, 9.17) is 27.8 Å². The largest absolute Gasteiger partial charge is 0.495 e. The predicted octanol–water partition coefficient (Wildman–Crippen LogP) is 3.58. The van der Waals surface area contributed by atoms with Crippen LogP contribution in [0.2, 0.25) is 5.02 Å². The summed E-state index contributed by atoms with van der Waals surface area (Å²) in [4.78, 5) is 9.68. The van der Waals surface area contributed by atoms with Crippen LogP contribution in [-0.2, 0) is 0 Å². The number of aromatic nitrogens is 2. The summed E-state index contributed by atoms with van der Waals surface area (Å²) in [6.45, 7) is 4.21. The normalized spacial score (nSPS) is 10.9. The van der Waals surface area contributed by atoms with Crippen molar-refractivity contribution in [3.8, 4) is 5.75 Å². The minimum Gasteiger partial charge on any atom is -0.495 e. The topological polar surface area (TPSA) is 87.0 Å². The quantitative estimate of drug-likeness (QED) is 0.893. The van der Waals surface area contributed by atoms with E-state index in [9.17, 15) is 0 Å². The molecule has 1 heterocycles. The van der Waals surface area contributed by atoms with Gasteiger partial charge in [-0.2, -0.15) is 4.98 Å². The van der Waals surface area contributed by atoms with Crippen LogP contribution in [0.15, 0.2) is 28.1 Å². The van der Waals surface area contributed by atoms with Crippen molar-refractivity contribution in [3.63, 3.8) is 0 Å². The molecule has 0 saturated heterocycles. The lowest BCUT2D eigenvalue weighted by Crippen LogP contribution is -2.01. The summed E-state index contributed by atoms with van der Waals surface area (Å²) in [6, 6.07) is 3.82. The first-order valence-electron chi connectivity index (χ1n) is 6.35. The van der Waals surface area contributed by atoms with Crippen LogP contribution in [-0.4, -0.2) is 17.1 Å². The van der Waals surface area contributed by atoms with Crippen molar-refractivity contribution in [3.05, 3.63) is 28.9 Å². The first kappa shape index (κ1) is 15.7. The van der Waals surface area contributed by atoms with Gasteiger partial charge in [-0.25, -0.2) is 4.98 Å². The molecule has 112 valence electrons. The number of nitrogen functional groups attached to an aromatic ring is 2. The third kappa shape index (κ3) is 3.51. The highest BCUT2D eigenvalue weighted by atomic mass is 35.5. The van der Waals surface area contributed by atoms with Crippen molar-refractivity contribution < 1.29 is 4.74 Å². The molecule has 7 heteroatoms. The van der Waals surface area contributed by atoms with E-state index in [-0.39, 0.29) is 5.95 Å². The number of rotatable bonds is 4. The van der Waals surface area contributed by atoms with E-state index >= 15 is 0 Å². The fourth-order valence-corrected chi connectivity index (χ4v) is 3.23. The second-order valence-corrected chi connectivity index (χ2v) is 6.25. The molecule has 1 aromatic heterocycles. The molecule has 2 rings (SSSR count). The molecule has 0 radical (unpaired) electrons. The van der Waals surface area contributed by atoms with Gasteiger partial charge >= 0.3 is 0 Å². The molecule has 0 atom stereocenters. The van der Waals surface area contributed by atoms with E-state index in [0.29, 0.717) is 22.5 Å². The molecule has 0 spiro atoms. The molecule has 2 aromatic rings. The van der Waals surface area contributed by atoms with Crippen LogP contribution in [0, 0.1) is 0 Å². The Morgan fingerprint density at radius 2 is 1.95 bits per heavy atom. The van der Waals surface area contributed by atoms with Crippen LogP contribution in [0.5, 0.6) is 5.75 Å². The molecule has 0 aliphatic rings. The third-order valence-corrected chi connectivity index (χ3v) is 4.33. The molecule has 5 nitrogen and oxygen atoms in total. The number of benzene rings is 1. The van der Waals surface area contributed by atoms with Crippen molar-refractivity contribution in [2.24, 2.45) is 0 Å². The maximum Gasteiger partial charge on any atom is 0.221 e. The number of anilines is 2. The maximum atomic E-state index is 6.22. The van der Waals surface area contributed by atoms with Gasteiger partial charge in [0.1, 0.15) is 11.6 Å². The number of hydrogen-bond acceptors (Lipinski definition) is 6. The van der Waals surface area contributed by atoms with Gasteiger partial charge in [0.25, 0.3) is 0 Å². The van der Waals surface area contributed by atoms with Gasteiger partial charge in [0.2, 0.25) is 5.95 Å². The van der Waals surface area contributed by atoms with Gasteiger partial charge in [-0.05, 0) is 23.6 Å². The molecule has 0 aliphatic carbocycles. The zero-order valence-electron chi connectivity index (χ0n) is 12.1. The van der Waals surface area contributed by atoms with Gasteiger partial charge in [-0.1, -0.05) is 37.2 Å². The fraction of sp³-hybridized carbons (Fsp3) is 0.286. The van der Waals surface area contributed by atoms with E-state index in [1.807, 2.05) is 12.1 Å². The summed E-state index contributed by atoms with van der Waals surface area (Å²) in [7, 11) is 1.60. The molecular formula is C14H17ClN4OS. The van der Waals surface area contributed by atoms with Crippen LogP contribution in [0.3, 0.4) is 0 Å². The zero-order chi connectivity index (χ0) is 15.6. The number of halogens is 1. The van der Waals surface area contributed by atoms with E-state index in [0.717, 1.165) is 15.4 Å². The highest BCUT2D eigenvalue weighted by Gasteiger charge is 2.15. The van der Waals surface area contributed by atoms with Crippen molar-refractivity contribution in [2.45, 2.75) is 29.6 Å². The lowest BCUT2D eigenvalue weighted by molar-refractivity contribution is 0.414. The smallest absolute Gasteiger partial charge is 0.221 e. The van der Waals surface area contributed by atoms with Gasteiger partial charge in [-0.15, -0.1) is 0 Å². The minimum atomic E-state index is 0.161. The van der Waals surface area contributed by atoms with Gasteiger partial charge in [0.05, 0.1) is 17.0 Å². The average Bonchev–Trinajstić information content (AvgIpc) is 2.41. The van der Waals surface area contributed by atoms with E-state index in [1.54, 1.807) is 13.3 Å². The molecule has 0 fully saturated rings. The first-order chi connectivity index (χ1) is 9.92. The van der Waals surface area contributed by atoms with Crippen LogP contribution in [0.1, 0.15) is 25.3 Å². The average molecular weight is 325 g/mol. The van der Waals surface area contributed by atoms with E-state index in [1.165, 1.54) is 11.8 Å². The summed E-state index contributed by atoms with van der Waals surface area (Å²) >= 11 is 7.68. The molecular weight excluding hydrogens is 308 g/mol. The summed E-state index contributed by atoms with van der Waals surface area (Å²) in [5, 5.41) is 0.555. The number of nitrogens with two attached hydrogens (primary N) is 2. The van der Waals surface area contributed by atoms with Crippen LogP contribution in [0.4, 0.5) is 11.8 Å². The third-order valence-electron chi connectivity index (χ3n) is 2.93. The summed E-state index contributed by atoms with van der Waals surface area (Å²) in [6.07, 6.45) is 1.62. The molecule has 0 amide bonds. The fourth-order valence-electron chi connectivity index (χ4n) is 1.84.